The number of furan rings is 1. The van der Waals surface area contributed by atoms with E-state index in [0.717, 1.165) is 21.9 Å². The molecule has 0 unspecified atom stereocenters. The first-order valence-corrected chi connectivity index (χ1v) is 9.52. The number of benzene rings is 1. The van der Waals surface area contributed by atoms with Crippen LogP contribution in [-0.4, -0.2) is 18.4 Å². The molecule has 1 amide bonds. The molecule has 0 aliphatic carbocycles. The highest BCUT2D eigenvalue weighted by Crippen LogP contribution is 2.35. The molecule has 29 heavy (non-hydrogen) atoms. The van der Waals surface area contributed by atoms with Gasteiger partial charge in [-0.1, -0.05) is 20.8 Å². The van der Waals surface area contributed by atoms with E-state index in [1.807, 2.05) is 13.0 Å². The number of carbonyl (C=O) groups is 2. The number of nitrogens with one attached hydrogen (secondary N) is 1. The summed E-state index contributed by atoms with van der Waals surface area (Å²) in [5.74, 6) is -1.55. The van der Waals surface area contributed by atoms with E-state index in [4.69, 9.17) is 8.83 Å². The van der Waals surface area contributed by atoms with Crippen LogP contribution >= 0.6 is 0 Å². The minimum absolute atomic E-state index is 0.000524. The Morgan fingerprint density at radius 2 is 1.83 bits per heavy atom. The Labute approximate surface area is 167 Å². The Hall–Kier alpha value is -3.09. The van der Waals surface area contributed by atoms with Gasteiger partial charge in [-0.15, -0.1) is 0 Å². The van der Waals surface area contributed by atoms with Crippen LogP contribution in [0.4, 0.5) is 0 Å². The van der Waals surface area contributed by atoms with Crippen LogP contribution in [0.15, 0.2) is 32.0 Å². The lowest BCUT2D eigenvalue weighted by molar-refractivity contribution is -0.305. The minimum atomic E-state index is -1.23. The molecule has 2 heterocycles. The van der Waals surface area contributed by atoms with E-state index < -0.39 is 11.6 Å². The summed E-state index contributed by atoms with van der Waals surface area (Å²) in [7, 11) is 0. The zero-order valence-corrected chi connectivity index (χ0v) is 17.0. The van der Waals surface area contributed by atoms with Gasteiger partial charge in [-0.3, -0.25) is 4.79 Å². The van der Waals surface area contributed by atoms with E-state index >= 15 is 0 Å². The Kier molecular flexibility index (Phi) is 5.50. The standard InChI is InChI=1S/C22H25NO6/c1-12-13(5-6-19(24)23-8-7-20(25)26)21(27)29-18-10-17-15(9-14(12)18)16(11-28-17)22(2,3)4/h9-11H,5-8H2,1-4H3,(H,23,24)(H,25,26)/p-1. The topological polar surface area (TPSA) is 113 Å². The van der Waals surface area contributed by atoms with Crippen LogP contribution in [0.5, 0.6) is 0 Å². The molecule has 2 aromatic heterocycles. The Morgan fingerprint density at radius 1 is 1.10 bits per heavy atom. The summed E-state index contributed by atoms with van der Waals surface area (Å²) in [5.41, 5.74) is 2.78. The zero-order chi connectivity index (χ0) is 21.3. The van der Waals surface area contributed by atoms with Gasteiger partial charge in [-0.2, -0.15) is 0 Å². The number of carboxylic acid groups (broad SMARTS) is 1. The average Bonchev–Trinajstić information content (AvgIpc) is 3.03. The average molecular weight is 398 g/mol. The van der Waals surface area contributed by atoms with Crippen LogP contribution in [0.3, 0.4) is 0 Å². The lowest BCUT2D eigenvalue weighted by Crippen LogP contribution is -2.31. The molecular weight excluding hydrogens is 374 g/mol. The van der Waals surface area contributed by atoms with E-state index in [2.05, 4.69) is 26.1 Å². The van der Waals surface area contributed by atoms with Crippen molar-refractivity contribution in [2.75, 3.05) is 6.54 Å². The number of carbonyl (C=O) groups excluding carboxylic acids is 2. The van der Waals surface area contributed by atoms with Gasteiger partial charge in [0.1, 0.15) is 11.2 Å². The molecular formula is C22H24NO6-. The molecule has 0 bridgehead atoms. The largest absolute Gasteiger partial charge is 0.550 e. The lowest BCUT2D eigenvalue weighted by atomic mass is 9.86. The fraction of sp³-hybridized carbons (Fsp3) is 0.409. The molecule has 7 heteroatoms. The maximum atomic E-state index is 12.5. The van der Waals surface area contributed by atoms with E-state index in [9.17, 15) is 19.5 Å². The third-order valence-corrected chi connectivity index (χ3v) is 5.04. The van der Waals surface area contributed by atoms with Crippen LogP contribution in [0.25, 0.3) is 21.9 Å². The molecule has 0 spiro atoms. The molecule has 3 aromatic rings. The van der Waals surface area contributed by atoms with Crippen LogP contribution < -0.4 is 16.0 Å². The molecule has 0 fully saturated rings. The van der Waals surface area contributed by atoms with Gasteiger partial charge >= 0.3 is 5.63 Å². The van der Waals surface area contributed by atoms with Crippen molar-refractivity contribution in [2.45, 2.75) is 52.4 Å². The van der Waals surface area contributed by atoms with Gasteiger partial charge in [-0.25, -0.2) is 4.79 Å². The molecule has 0 saturated carbocycles. The Morgan fingerprint density at radius 3 is 2.48 bits per heavy atom. The highest BCUT2D eigenvalue weighted by atomic mass is 16.4. The van der Waals surface area contributed by atoms with Gasteiger partial charge in [0, 0.05) is 53.3 Å². The first kappa shape index (κ1) is 20.6. The zero-order valence-electron chi connectivity index (χ0n) is 17.0. The molecule has 0 atom stereocenters. The molecule has 0 radical (unpaired) electrons. The fourth-order valence-corrected chi connectivity index (χ4v) is 3.41. The van der Waals surface area contributed by atoms with Crippen molar-refractivity contribution >= 4 is 33.8 Å². The number of hydrogen-bond acceptors (Lipinski definition) is 6. The van der Waals surface area contributed by atoms with Crippen molar-refractivity contribution in [1.29, 1.82) is 0 Å². The molecule has 0 aliphatic rings. The molecule has 0 aliphatic heterocycles. The number of hydrogen-bond donors (Lipinski definition) is 1. The normalized spacial score (nSPS) is 11.9. The highest BCUT2D eigenvalue weighted by Gasteiger charge is 2.21. The summed E-state index contributed by atoms with van der Waals surface area (Å²) >= 11 is 0. The van der Waals surface area contributed by atoms with Crippen LogP contribution in [0.2, 0.25) is 0 Å². The predicted molar refractivity (Wildman–Crippen MR) is 107 cm³/mol. The second-order valence-electron chi connectivity index (χ2n) is 8.21. The number of aryl methyl sites for hydroxylation is 1. The van der Waals surface area contributed by atoms with Gasteiger partial charge in [0.25, 0.3) is 0 Å². The van der Waals surface area contributed by atoms with Crippen molar-refractivity contribution < 1.29 is 23.5 Å². The first-order chi connectivity index (χ1) is 13.6. The summed E-state index contributed by atoms with van der Waals surface area (Å²) in [6, 6.07) is 3.70. The predicted octanol–water partition coefficient (Wildman–Crippen LogP) is 2.33. The van der Waals surface area contributed by atoms with Crippen molar-refractivity contribution in [3.05, 3.63) is 45.5 Å². The lowest BCUT2D eigenvalue weighted by Gasteiger charge is -2.16. The summed E-state index contributed by atoms with van der Waals surface area (Å²) in [5, 5.41) is 14.7. The van der Waals surface area contributed by atoms with E-state index in [-0.39, 0.29) is 37.1 Å². The van der Waals surface area contributed by atoms with E-state index in [1.54, 1.807) is 12.3 Å². The SMILES string of the molecule is Cc1c(CCC(=O)NCCC(=O)[O-])c(=O)oc2cc3occ(C(C)(C)C)c3cc12. The van der Waals surface area contributed by atoms with Gasteiger partial charge < -0.3 is 24.1 Å². The molecule has 7 nitrogen and oxygen atoms in total. The second kappa shape index (κ2) is 7.73. The molecule has 1 aromatic carbocycles. The monoisotopic (exact) mass is 398 g/mol. The highest BCUT2D eigenvalue weighted by molar-refractivity contribution is 5.96. The number of aliphatic carboxylic acids is 1. The molecule has 1 N–H and O–H groups in total. The maximum Gasteiger partial charge on any atom is 0.339 e. The summed E-state index contributed by atoms with van der Waals surface area (Å²) in [6.45, 7) is 8.14. The quantitative estimate of drug-likeness (QED) is 0.638. The van der Waals surface area contributed by atoms with E-state index in [1.165, 1.54) is 0 Å². The summed E-state index contributed by atoms with van der Waals surface area (Å²) in [6.07, 6.45) is 1.75. The molecule has 3 rings (SSSR count). The second-order valence-corrected chi connectivity index (χ2v) is 8.21. The number of amides is 1. The van der Waals surface area contributed by atoms with Crippen LogP contribution in [0, 0.1) is 6.92 Å². The summed E-state index contributed by atoms with van der Waals surface area (Å²) in [4.78, 5) is 34.8. The minimum Gasteiger partial charge on any atom is -0.550 e. The van der Waals surface area contributed by atoms with Crippen LogP contribution in [-0.2, 0) is 21.4 Å². The van der Waals surface area contributed by atoms with Crippen molar-refractivity contribution in [2.24, 2.45) is 0 Å². The maximum absolute atomic E-state index is 12.5. The van der Waals surface area contributed by atoms with Gasteiger partial charge in [0.05, 0.1) is 6.26 Å². The number of carboxylic acids is 1. The number of rotatable bonds is 6. The van der Waals surface area contributed by atoms with Gasteiger partial charge in [0.2, 0.25) is 5.91 Å². The van der Waals surface area contributed by atoms with Gasteiger partial charge in [0.15, 0.2) is 0 Å². The molecule has 0 saturated heterocycles. The third-order valence-electron chi connectivity index (χ3n) is 5.04. The number of fused-ring (bicyclic) bond motifs is 2. The first-order valence-electron chi connectivity index (χ1n) is 9.52. The Balaban J connectivity index is 1.92. The Bertz CT molecular complexity index is 1150. The van der Waals surface area contributed by atoms with Gasteiger partial charge in [-0.05, 0) is 30.4 Å². The van der Waals surface area contributed by atoms with Crippen molar-refractivity contribution in [3.8, 4) is 0 Å². The van der Waals surface area contributed by atoms with Crippen LogP contribution in [0.1, 0.15) is 50.3 Å². The smallest absolute Gasteiger partial charge is 0.339 e. The molecule has 154 valence electrons. The van der Waals surface area contributed by atoms with Crippen molar-refractivity contribution in [3.63, 3.8) is 0 Å². The third kappa shape index (κ3) is 4.34. The van der Waals surface area contributed by atoms with E-state index in [0.29, 0.717) is 16.7 Å². The fourth-order valence-electron chi connectivity index (χ4n) is 3.41. The summed E-state index contributed by atoms with van der Waals surface area (Å²) < 4.78 is 11.2. The van der Waals surface area contributed by atoms with Crippen molar-refractivity contribution in [1.82, 2.24) is 5.32 Å².